The third kappa shape index (κ3) is 3.56. The zero-order chi connectivity index (χ0) is 12.3. The first-order valence-corrected chi connectivity index (χ1v) is 4.58. The number of halogens is 3. The van der Waals surface area contributed by atoms with Gasteiger partial charge < -0.3 is 4.74 Å². The normalized spacial score (nSPS) is 11.9. The highest BCUT2D eigenvalue weighted by atomic mass is 19.4. The van der Waals surface area contributed by atoms with Crippen LogP contribution in [-0.2, 0) is 22.3 Å². The summed E-state index contributed by atoms with van der Waals surface area (Å²) in [5.41, 5.74) is -0.884. The van der Waals surface area contributed by atoms with E-state index in [0.717, 1.165) is 10.9 Å². The van der Waals surface area contributed by atoms with Gasteiger partial charge in [-0.3, -0.25) is 9.48 Å². The average Bonchev–Trinajstić information content (AvgIpc) is 2.49. The molecule has 7 heteroatoms. The van der Waals surface area contributed by atoms with Crippen LogP contribution in [0.4, 0.5) is 13.2 Å². The molecule has 0 aliphatic heterocycles. The number of rotatable bonds is 3. The first-order valence-electron chi connectivity index (χ1n) is 4.58. The van der Waals surface area contributed by atoms with E-state index in [0.29, 0.717) is 6.20 Å². The van der Waals surface area contributed by atoms with Gasteiger partial charge in [0.15, 0.2) is 0 Å². The third-order valence-electron chi connectivity index (χ3n) is 1.62. The average molecular weight is 236 g/mol. The maximum Gasteiger partial charge on any atom is 0.419 e. The van der Waals surface area contributed by atoms with Crippen molar-refractivity contribution in [3.05, 3.63) is 18.0 Å². The monoisotopic (exact) mass is 236 g/mol. The van der Waals surface area contributed by atoms with Crippen LogP contribution in [-0.4, -0.2) is 21.9 Å². The van der Waals surface area contributed by atoms with E-state index in [4.69, 9.17) is 4.74 Å². The summed E-state index contributed by atoms with van der Waals surface area (Å²) >= 11 is 0. The Kier molecular flexibility index (Phi) is 3.56. The first-order chi connectivity index (χ1) is 7.29. The highest BCUT2D eigenvalue weighted by Crippen LogP contribution is 2.28. The maximum atomic E-state index is 12.2. The fraction of sp³-hybridized carbons (Fsp3) is 0.556. The van der Waals surface area contributed by atoms with Gasteiger partial charge in [0.05, 0.1) is 17.9 Å². The van der Waals surface area contributed by atoms with Gasteiger partial charge in [-0.15, -0.1) is 0 Å². The van der Waals surface area contributed by atoms with E-state index in [1.165, 1.54) is 0 Å². The van der Waals surface area contributed by atoms with Crippen LogP contribution in [0.15, 0.2) is 12.4 Å². The van der Waals surface area contributed by atoms with Crippen LogP contribution in [0.3, 0.4) is 0 Å². The number of esters is 1. The van der Waals surface area contributed by atoms with E-state index >= 15 is 0 Å². The lowest BCUT2D eigenvalue weighted by Gasteiger charge is -2.07. The molecule has 0 radical (unpaired) electrons. The second-order valence-corrected chi connectivity index (χ2v) is 3.46. The van der Waals surface area contributed by atoms with Crippen LogP contribution >= 0.6 is 0 Å². The van der Waals surface area contributed by atoms with E-state index in [9.17, 15) is 18.0 Å². The molecule has 4 nitrogen and oxygen atoms in total. The van der Waals surface area contributed by atoms with Crippen molar-refractivity contribution in [3.8, 4) is 0 Å². The summed E-state index contributed by atoms with van der Waals surface area (Å²) in [4.78, 5) is 11.1. The maximum absolute atomic E-state index is 12.2. The number of carbonyl (C=O) groups is 1. The molecular weight excluding hydrogens is 225 g/mol. The number of alkyl halides is 3. The second-order valence-electron chi connectivity index (χ2n) is 3.46. The lowest BCUT2D eigenvalue weighted by atomic mass is 10.4. The summed E-state index contributed by atoms with van der Waals surface area (Å²) in [6, 6.07) is 0. The Morgan fingerprint density at radius 2 is 2.19 bits per heavy atom. The van der Waals surface area contributed by atoms with E-state index in [1.54, 1.807) is 13.8 Å². The Hall–Kier alpha value is -1.53. The topological polar surface area (TPSA) is 44.1 Å². The van der Waals surface area contributed by atoms with Crippen molar-refractivity contribution in [2.24, 2.45) is 0 Å². The number of hydrogen-bond acceptors (Lipinski definition) is 3. The Morgan fingerprint density at radius 3 is 2.62 bits per heavy atom. The molecule has 0 fully saturated rings. The Bertz CT molecular complexity index is 371. The van der Waals surface area contributed by atoms with Crippen molar-refractivity contribution in [3.63, 3.8) is 0 Å². The van der Waals surface area contributed by atoms with Gasteiger partial charge in [0.1, 0.15) is 6.54 Å². The number of ether oxygens (including phenoxy) is 1. The van der Waals surface area contributed by atoms with Gasteiger partial charge in [-0.2, -0.15) is 18.3 Å². The van der Waals surface area contributed by atoms with Crippen molar-refractivity contribution in [2.45, 2.75) is 32.7 Å². The number of hydrogen-bond donors (Lipinski definition) is 0. The summed E-state index contributed by atoms with van der Waals surface area (Å²) < 4.78 is 42.2. The highest BCUT2D eigenvalue weighted by molar-refractivity contribution is 5.69. The zero-order valence-corrected chi connectivity index (χ0v) is 8.78. The Morgan fingerprint density at radius 1 is 1.56 bits per heavy atom. The molecule has 0 aliphatic carbocycles. The predicted molar refractivity (Wildman–Crippen MR) is 48.5 cm³/mol. The van der Waals surface area contributed by atoms with E-state index in [1.807, 2.05) is 0 Å². The molecule has 90 valence electrons. The Balaban J connectivity index is 2.62. The fourth-order valence-electron chi connectivity index (χ4n) is 1.03. The molecule has 0 saturated carbocycles. The Labute approximate surface area is 90.0 Å². The number of carbonyl (C=O) groups excluding carboxylic acids is 1. The lowest BCUT2D eigenvalue weighted by Crippen LogP contribution is -2.17. The standard InChI is InChI=1S/C9H11F3N2O2/c1-6(2)16-8(15)5-14-4-7(3-13-14)9(10,11)12/h3-4,6H,5H2,1-2H3. The molecule has 1 aromatic heterocycles. The van der Waals surface area contributed by atoms with Gasteiger partial charge in [0.25, 0.3) is 0 Å². The van der Waals surface area contributed by atoms with Crippen molar-refractivity contribution >= 4 is 5.97 Å². The third-order valence-corrected chi connectivity index (χ3v) is 1.62. The van der Waals surface area contributed by atoms with Crippen molar-refractivity contribution in [1.29, 1.82) is 0 Å². The van der Waals surface area contributed by atoms with E-state index < -0.39 is 17.7 Å². The van der Waals surface area contributed by atoms with Crippen molar-refractivity contribution < 1.29 is 22.7 Å². The minimum atomic E-state index is -4.44. The van der Waals surface area contributed by atoms with Gasteiger partial charge in [-0.05, 0) is 13.8 Å². The highest BCUT2D eigenvalue weighted by Gasteiger charge is 2.32. The van der Waals surface area contributed by atoms with Gasteiger partial charge in [0.2, 0.25) is 0 Å². The van der Waals surface area contributed by atoms with E-state index in [-0.39, 0.29) is 12.6 Å². The van der Waals surface area contributed by atoms with Gasteiger partial charge >= 0.3 is 12.1 Å². The summed E-state index contributed by atoms with van der Waals surface area (Å²) in [7, 11) is 0. The molecule has 1 rings (SSSR count). The number of aromatic nitrogens is 2. The zero-order valence-electron chi connectivity index (χ0n) is 8.78. The van der Waals surface area contributed by atoms with Gasteiger partial charge in [-0.25, -0.2) is 0 Å². The number of nitrogens with zero attached hydrogens (tertiary/aromatic N) is 2. The molecule has 0 saturated heterocycles. The lowest BCUT2D eigenvalue weighted by molar-refractivity contribution is -0.148. The molecule has 0 unspecified atom stereocenters. The quantitative estimate of drug-likeness (QED) is 0.752. The molecular formula is C9H11F3N2O2. The van der Waals surface area contributed by atoms with Gasteiger partial charge in [-0.1, -0.05) is 0 Å². The molecule has 1 heterocycles. The van der Waals surface area contributed by atoms with E-state index in [2.05, 4.69) is 5.10 Å². The van der Waals surface area contributed by atoms with Crippen LogP contribution in [0.2, 0.25) is 0 Å². The van der Waals surface area contributed by atoms with Crippen LogP contribution < -0.4 is 0 Å². The SMILES string of the molecule is CC(C)OC(=O)Cn1cc(C(F)(F)F)cn1. The predicted octanol–water partition coefficient (Wildman–Crippen LogP) is 1.85. The van der Waals surface area contributed by atoms with Crippen LogP contribution in [0.5, 0.6) is 0 Å². The molecule has 0 N–H and O–H groups in total. The largest absolute Gasteiger partial charge is 0.462 e. The van der Waals surface area contributed by atoms with Gasteiger partial charge in [0, 0.05) is 6.20 Å². The molecule has 0 atom stereocenters. The molecule has 0 aliphatic rings. The first kappa shape index (κ1) is 12.5. The van der Waals surface area contributed by atoms with Crippen molar-refractivity contribution in [1.82, 2.24) is 9.78 Å². The molecule has 0 bridgehead atoms. The smallest absolute Gasteiger partial charge is 0.419 e. The molecule has 0 spiro atoms. The minimum Gasteiger partial charge on any atom is -0.462 e. The molecule has 1 aromatic rings. The summed E-state index contributed by atoms with van der Waals surface area (Å²) in [5.74, 6) is -0.619. The molecule has 0 aromatic carbocycles. The van der Waals surface area contributed by atoms with Crippen molar-refractivity contribution in [2.75, 3.05) is 0 Å². The minimum absolute atomic E-state index is 0.301. The van der Waals surface area contributed by atoms with Crippen LogP contribution in [0.25, 0.3) is 0 Å². The molecule has 0 amide bonds. The van der Waals surface area contributed by atoms with Crippen LogP contribution in [0.1, 0.15) is 19.4 Å². The second kappa shape index (κ2) is 4.54. The van der Waals surface area contributed by atoms with Crippen LogP contribution in [0, 0.1) is 0 Å². The summed E-state index contributed by atoms with van der Waals surface area (Å²) in [6.07, 6.45) is -3.31. The summed E-state index contributed by atoms with van der Waals surface area (Å²) in [5, 5.41) is 3.43. The fourth-order valence-corrected chi connectivity index (χ4v) is 1.03. The molecule has 16 heavy (non-hydrogen) atoms. The summed E-state index contributed by atoms with van der Waals surface area (Å²) in [6.45, 7) is 2.98.